The first-order valence-electron chi connectivity index (χ1n) is 8.29. The Kier molecular flexibility index (Phi) is 5.49. The number of aryl methyl sites for hydroxylation is 1. The van der Waals surface area contributed by atoms with Crippen molar-refractivity contribution in [2.75, 3.05) is 12.4 Å². The van der Waals surface area contributed by atoms with Crippen LogP contribution >= 0.6 is 11.3 Å². The van der Waals surface area contributed by atoms with Crippen molar-refractivity contribution in [1.29, 1.82) is 0 Å². The van der Waals surface area contributed by atoms with E-state index < -0.39 is 0 Å². The van der Waals surface area contributed by atoms with E-state index in [-0.39, 0.29) is 11.8 Å². The fourth-order valence-corrected chi connectivity index (χ4v) is 3.21. The third-order valence-corrected chi connectivity index (χ3v) is 4.87. The Bertz CT molecular complexity index is 902. The van der Waals surface area contributed by atoms with Crippen LogP contribution < -0.4 is 5.32 Å². The molecule has 1 aromatic heterocycles. The van der Waals surface area contributed by atoms with Gasteiger partial charge in [0.15, 0.2) is 0 Å². The predicted molar refractivity (Wildman–Crippen MR) is 106 cm³/mol. The van der Waals surface area contributed by atoms with E-state index in [1.165, 1.54) is 16.9 Å². The van der Waals surface area contributed by atoms with Gasteiger partial charge in [-0.15, -0.1) is 11.3 Å². The summed E-state index contributed by atoms with van der Waals surface area (Å²) in [6.07, 6.45) is 0. The maximum atomic E-state index is 12.7. The van der Waals surface area contributed by atoms with Crippen LogP contribution in [-0.2, 0) is 6.54 Å². The Morgan fingerprint density at radius 1 is 1.04 bits per heavy atom. The van der Waals surface area contributed by atoms with Crippen LogP contribution in [0.25, 0.3) is 0 Å². The van der Waals surface area contributed by atoms with Crippen molar-refractivity contribution < 1.29 is 9.59 Å². The topological polar surface area (TPSA) is 49.4 Å². The second kappa shape index (κ2) is 7.97. The molecule has 0 unspecified atom stereocenters. The van der Waals surface area contributed by atoms with Crippen LogP contribution in [0.15, 0.2) is 66.0 Å². The minimum atomic E-state index is -0.169. The summed E-state index contributed by atoms with van der Waals surface area (Å²) in [4.78, 5) is 27.2. The Labute approximate surface area is 157 Å². The van der Waals surface area contributed by atoms with E-state index in [0.717, 1.165) is 5.56 Å². The molecular formula is C21H20N2O2S. The molecule has 0 atom stereocenters. The number of anilines is 1. The highest BCUT2D eigenvalue weighted by Gasteiger charge is 2.14. The van der Waals surface area contributed by atoms with Crippen LogP contribution in [0.5, 0.6) is 0 Å². The van der Waals surface area contributed by atoms with Crippen molar-refractivity contribution in [1.82, 2.24) is 4.90 Å². The Morgan fingerprint density at radius 2 is 1.81 bits per heavy atom. The molecule has 132 valence electrons. The molecule has 26 heavy (non-hydrogen) atoms. The van der Waals surface area contributed by atoms with Gasteiger partial charge in [-0.1, -0.05) is 42.0 Å². The summed E-state index contributed by atoms with van der Waals surface area (Å²) < 4.78 is 0. The number of carbonyl (C=O) groups excluding carboxylic acids is 2. The van der Waals surface area contributed by atoms with E-state index >= 15 is 0 Å². The van der Waals surface area contributed by atoms with Crippen molar-refractivity contribution in [2.24, 2.45) is 0 Å². The van der Waals surface area contributed by atoms with Crippen molar-refractivity contribution >= 4 is 28.8 Å². The molecule has 5 heteroatoms. The average Bonchev–Trinajstić information content (AvgIpc) is 3.18. The van der Waals surface area contributed by atoms with Crippen LogP contribution in [0.4, 0.5) is 5.69 Å². The lowest BCUT2D eigenvalue weighted by Gasteiger charge is -2.18. The number of rotatable bonds is 5. The van der Waals surface area contributed by atoms with Crippen molar-refractivity contribution in [3.8, 4) is 0 Å². The predicted octanol–water partition coefficient (Wildman–Crippen LogP) is 4.58. The maximum Gasteiger partial charge on any atom is 0.265 e. The normalized spacial score (nSPS) is 10.4. The maximum absolute atomic E-state index is 12.7. The monoisotopic (exact) mass is 364 g/mol. The van der Waals surface area contributed by atoms with Gasteiger partial charge in [-0.05, 0) is 42.1 Å². The van der Waals surface area contributed by atoms with Crippen LogP contribution in [0.2, 0.25) is 0 Å². The lowest BCUT2D eigenvalue weighted by molar-refractivity contribution is 0.0784. The molecule has 2 aromatic carbocycles. The van der Waals surface area contributed by atoms with Gasteiger partial charge in [0.05, 0.1) is 4.88 Å². The molecule has 0 aliphatic rings. The van der Waals surface area contributed by atoms with Crippen LogP contribution in [0.1, 0.15) is 31.2 Å². The number of nitrogens with one attached hydrogen (secondary N) is 1. The highest BCUT2D eigenvalue weighted by Crippen LogP contribution is 2.16. The number of carbonyl (C=O) groups is 2. The molecule has 0 saturated heterocycles. The van der Waals surface area contributed by atoms with Crippen LogP contribution in [0, 0.1) is 6.92 Å². The SMILES string of the molecule is Cc1ccc(CN(C)C(=O)c2cccc(NC(=O)c3cccs3)c2)cc1. The number of hydrogen-bond donors (Lipinski definition) is 1. The standard InChI is InChI=1S/C21H20N2O2S/c1-15-8-10-16(11-9-15)14-23(2)21(25)17-5-3-6-18(13-17)22-20(24)19-7-4-12-26-19/h3-13H,14H2,1-2H3,(H,22,24). The molecule has 0 aliphatic carbocycles. The number of benzene rings is 2. The lowest BCUT2D eigenvalue weighted by Crippen LogP contribution is -2.26. The van der Waals surface area contributed by atoms with Gasteiger partial charge >= 0.3 is 0 Å². The summed E-state index contributed by atoms with van der Waals surface area (Å²) in [6.45, 7) is 2.57. The summed E-state index contributed by atoms with van der Waals surface area (Å²) >= 11 is 1.38. The molecule has 3 rings (SSSR count). The zero-order valence-electron chi connectivity index (χ0n) is 14.7. The van der Waals surface area contributed by atoms with Gasteiger partial charge < -0.3 is 10.2 Å². The number of hydrogen-bond acceptors (Lipinski definition) is 3. The first kappa shape index (κ1) is 17.9. The Balaban J connectivity index is 1.69. The highest BCUT2D eigenvalue weighted by atomic mass is 32.1. The number of amides is 2. The van der Waals surface area contributed by atoms with Crippen LogP contribution in [0.3, 0.4) is 0 Å². The second-order valence-corrected chi connectivity index (χ2v) is 7.11. The van der Waals surface area contributed by atoms with E-state index in [2.05, 4.69) is 5.32 Å². The first-order valence-corrected chi connectivity index (χ1v) is 9.17. The summed E-state index contributed by atoms with van der Waals surface area (Å²) in [6, 6.07) is 18.7. The average molecular weight is 364 g/mol. The first-order chi connectivity index (χ1) is 12.5. The molecule has 3 aromatic rings. The van der Waals surface area contributed by atoms with Crippen molar-refractivity contribution in [2.45, 2.75) is 13.5 Å². The zero-order valence-corrected chi connectivity index (χ0v) is 15.5. The third-order valence-electron chi connectivity index (χ3n) is 4.00. The van der Waals surface area contributed by atoms with Gasteiger partial charge in [0.1, 0.15) is 0 Å². The Morgan fingerprint density at radius 3 is 2.50 bits per heavy atom. The van der Waals surface area contributed by atoms with Gasteiger partial charge in [-0.2, -0.15) is 0 Å². The van der Waals surface area contributed by atoms with E-state index in [9.17, 15) is 9.59 Å². The largest absolute Gasteiger partial charge is 0.337 e. The van der Waals surface area contributed by atoms with Gasteiger partial charge in [-0.3, -0.25) is 9.59 Å². The van der Waals surface area contributed by atoms with E-state index in [4.69, 9.17) is 0 Å². The molecular weight excluding hydrogens is 344 g/mol. The molecule has 0 bridgehead atoms. The summed E-state index contributed by atoms with van der Waals surface area (Å²) in [5.74, 6) is -0.254. The van der Waals surface area contributed by atoms with Gasteiger partial charge in [0, 0.05) is 24.8 Å². The number of thiophene rings is 1. The van der Waals surface area contributed by atoms with Gasteiger partial charge in [0.25, 0.3) is 11.8 Å². The quantitative estimate of drug-likeness (QED) is 0.720. The smallest absolute Gasteiger partial charge is 0.265 e. The second-order valence-electron chi connectivity index (χ2n) is 6.16. The zero-order chi connectivity index (χ0) is 18.5. The minimum absolute atomic E-state index is 0.0854. The Hall–Kier alpha value is -2.92. The summed E-state index contributed by atoms with van der Waals surface area (Å²) in [7, 11) is 1.78. The molecule has 0 saturated carbocycles. The third kappa shape index (κ3) is 4.37. The molecule has 0 spiro atoms. The molecule has 1 heterocycles. The van der Waals surface area contributed by atoms with Gasteiger partial charge in [-0.25, -0.2) is 0 Å². The fourth-order valence-electron chi connectivity index (χ4n) is 2.59. The van der Waals surface area contributed by atoms with Crippen LogP contribution in [-0.4, -0.2) is 23.8 Å². The van der Waals surface area contributed by atoms with Crippen molar-refractivity contribution in [3.05, 3.63) is 87.6 Å². The van der Waals surface area contributed by atoms with Gasteiger partial charge in [0.2, 0.25) is 0 Å². The minimum Gasteiger partial charge on any atom is -0.337 e. The molecule has 2 amide bonds. The fraction of sp³-hybridized carbons (Fsp3) is 0.143. The van der Waals surface area contributed by atoms with Crippen molar-refractivity contribution in [3.63, 3.8) is 0 Å². The van der Waals surface area contributed by atoms with E-state index in [0.29, 0.717) is 22.7 Å². The lowest BCUT2D eigenvalue weighted by atomic mass is 10.1. The summed E-state index contributed by atoms with van der Waals surface area (Å²) in [5, 5.41) is 4.69. The molecule has 0 radical (unpaired) electrons. The molecule has 0 fully saturated rings. The van der Waals surface area contributed by atoms with E-state index in [1.54, 1.807) is 42.3 Å². The summed E-state index contributed by atoms with van der Waals surface area (Å²) in [5.41, 5.74) is 3.42. The molecule has 4 nitrogen and oxygen atoms in total. The molecule has 0 aliphatic heterocycles. The highest BCUT2D eigenvalue weighted by molar-refractivity contribution is 7.12. The van der Waals surface area contributed by atoms with E-state index in [1.807, 2.05) is 42.6 Å². The molecule has 1 N–H and O–H groups in total. The number of nitrogens with zero attached hydrogens (tertiary/aromatic N) is 1.